The fourth-order valence-corrected chi connectivity index (χ4v) is 2.15. The third-order valence-electron chi connectivity index (χ3n) is 3.13. The summed E-state index contributed by atoms with van der Waals surface area (Å²) in [5.41, 5.74) is 2.28. The number of hydrogen-bond donors (Lipinski definition) is 1. The second-order valence-corrected chi connectivity index (χ2v) is 4.67. The molecule has 0 aliphatic carbocycles. The van der Waals surface area contributed by atoms with E-state index in [0.717, 1.165) is 17.3 Å². The van der Waals surface area contributed by atoms with Gasteiger partial charge in [0.1, 0.15) is 11.6 Å². The lowest BCUT2D eigenvalue weighted by Crippen LogP contribution is -2.12. The highest BCUT2D eigenvalue weighted by atomic mass is 16.5. The lowest BCUT2D eigenvalue weighted by atomic mass is 10.1. The SMILES string of the molecule is CCOc1ccc(NC(C)c2nccn2C)c(C)c1. The van der Waals surface area contributed by atoms with Crippen LogP contribution < -0.4 is 10.1 Å². The van der Waals surface area contributed by atoms with Crippen molar-refractivity contribution in [1.29, 1.82) is 0 Å². The zero-order valence-corrected chi connectivity index (χ0v) is 12.0. The van der Waals surface area contributed by atoms with E-state index in [1.165, 1.54) is 5.56 Å². The number of nitrogens with zero attached hydrogens (tertiary/aromatic N) is 2. The van der Waals surface area contributed by atoms with Gasteiger partial charge >= 0.3 is 0 Å². The lowest BCUT2D eigenvalue weighted by Gasteiger charge is -2.17. The Labute approximate surface area is 114 Å². The predicted octanol–water partition coefficient (Wildman–Crippen LogP) is 3.30. The molecule has 0 saturated heterocycles. The number of rotatable bonds is 5. The van der Waals surface area contributed by atoms with Gasteiger partial charge in [-0.25, -0.2) is 4.98 Å². The molecular formula is C15H21N3O. The molecule has 1 unspecified atom stereocenters. The summed E-state index contributed by atoms with van der Waals surface area (Å²) in [5, 5.41) is 3.48. The van der Waals surface area contributed by atoms with Gasteiger partial charge < -0.3 is 14.6 Å². The third-order valence-corrected chi connectivity index (χ3v) is 3.13. The molecule has 4 nitrogen and oxygen atoms in total. The Morgan fingerprint density at radius 3 is 2.79 bits per heavy atom. The molecule has 0 aliphatic heterocycles. The summed E-state index contributed by atoms with van der Waals surface area (Å²) in [6, 6.07) is 6.26. The molecule has 4 heteroatoms. The van der Waals surface area contributed by atoms with Crippen LogP contribution in [0.5, 0.6) is 5.75 Å². The number of ether oxygens (including phenoxy) is 1. The van der Waals surface area contributed by atoms with Gasteiger partial charge in [-0.2, -0.15) is 0 Å². The molecule has 0 saturated carbocycles. The van der Waals surface area contributed by atoms with Gasteiger partial charge in [-0.15, -0.1) is 0 Å². The predicted molar refractivity (Wildman–Crippen MR) is 77.6 cm³/mol. The van der Waals surface area contributed by atoms with E-state index in [1.54, 1.807) is 0 Å². The summed E-state index contributed by atoms with van der Waals surface area (Å²) in [6.45, 7) is 6.87. The Morgan fingerprint density at radius 2 is 2.21 bits per heavy atom. The van der Waals surface area contributed by atoms with Gasteiger partial charge in [-0.05, 0) is 44.5 Å². The third kappa shape index (κ3) is 3.08. The van der Waals surface area contributed by atoms with Crippen molar-refractivity contribution in [3.8, 4) is 5.75 Å². The molecule has 2 rings (SSSR count). The molecule has 1 aromatic carbocycles. The van der Waals surface area contributed by atoms with Crippen molar-refractivity contribution < 1.29 is 4.74 Å². The summed E-state index contributed by atoms with van der Waals surface area (Å²) in [5.74, 6) is 1.93. The van der Waals surface area contributed by atoms with Gasteiger partial charge in [0.25, 0.3) is 0 Å². The van der Waals surface area contributed by atoms with Gasteiger partial charge in [0.2, 0.25) is 0 Å². The van der Waals surface area contributed by atoms with Gasteiger partial charge in [0.05, 0.1) is 12.6 Å². The average molecular weight is 259 g/mol. The van der Waals surface area contributed by atoms with Crippen molar-refractivity contribution >= 4 is 5.69 Å². The number of aryl methyl sites for hydroxylation is 2. The first-order chi connectivity index (χ1) is 9.11. The van der Waals surface area contributed by atoms with Crippen LogP contribution in [0.2, 0.25) is 0 Å². The standard InChI is InChI=1S/C15H21N3O/c1-5-19-13-6-7-14(11(2)10-13)17-12(3)15-16-8-9-18(15)4/h6-10,12,17H,5H2,1-4H3. The molecular weight excluding hydrogens is 238 g/mol. The van der Waals surface area contributed by atoms with Crippen molar-refractivity contribution in [3.63, 3.8) is 0 Å². The molecule has 1 atom stereocenters. The largest absolute Gasteiger partial charge is 0.494 e. The Kier molecular flexibility index (Phi) is 4.10. The van der Waals surface area contributed by atoms with Gasteiger partial charge in [-0.1, -0.05) is 0 Å². The maximum absolute atomic E-state index is 5.49. The van der Waals surface area contributed by atoms with Crippen LogP contribution in [-0.2, 0) is 7.05 Å². The Balaban J connectivity index is 2.13. The van der Waals surface area contributed by atoms with Gasteiger partial charge in [0.15, 0.2) is 0 Å². The highest BCUT2D eigenvalue weighted by Crippen LogP contribution is 2.24. The molecule has 0 spiro atoms. The zero-order valence-electron chi connectivity index (χ0n) is 12.0. The molecule has 1 aromatic heterocycles. The second kappa shape index (κ2) is 5.78. The second-order valence-electron chi connectivity index (χ2n) is 4.67. The van der Waals surface area contributed by atoms with E-state index >= 15 is 0 Å². The minimum atomic E-state index is 0.164. The topological polar surface area (TPSA) is 39.1 Å². The highest BCUT2D eigenvalue weighted by molar-refractivity contribution is 5.54. The Hall–Kier alpha value is -1.97. The molecule has 2 aromatic rings. The number of aromatic nitrogens is 2. The molecule has 19 heavy (non-hydrogen) atoms. The lowest BCUT2D eigenvalue weighted by molar-refractivity contribution is 0.340. The number of benzene rings is 1. The maximum Gasteiger partial charge on any atom is 0.130 e. The minimum Gasteiger partial charge on any atom is -0.494 e. The summed E-state index contributed by atoms with van der Waals surface area (Å²) < 4.78 is 7.52. The number of nitrogens with one attached hydrogen (secondary N) is 1. The first-order valence-electron chi connectivity index (χ1n) is 6.59. The van der Waals surface area contributed by atoms with Gasteiger partial charge in [0, 0.05) is 25.1 Å². The fraction of sp³-hybridized carbons (Fsp3) is 0.400. The van der Waals surface area contributed by atoms with E-state index in [0.29, 0.717) is 6.61 Å². The quantitative estimate of drug-likeness (QED) is 0.895. The summed E-state index contributed by atoms with van der Waals surface area (Å²) in [7, 11) is 2.01. The van der Waals surface area contributed by atoms with Crippen molar-refractivity contribution in [1.82, 2.24) is 9.55 Å². The number of imidazole rings is 1. The minimum absolute atomic E-state index is 0.164. The molecule has 1 heterocycles. The van der Waals surface area contributed by atoms with Crippen LogP contribution in [0.4, 0.5) is 5.69 Å². The van der Waals surface area contributed by atoms with Crippen molar-refractivity contribution in [2.75, 3.05) is 11.9 Å². The van der Waals surface area contributed by atoms with Crippen molar-refractivity contribution in [2.24, 2.45) is 7.05 Å². The first-order valence-corrected chi connectivity index (χ1v) is 6.59. The van der Waals surface area contributed by atoms with Crippen LogP contribution in [0.25, 0.3) is 0 Å². The van der Waals surface area contributed by atoms with E-state index in [1.807, 2.05) is 37.0 Å². The average Bonchev–Trinajstić information content (AvgIpc) is 2.79. The molecule has 1 N–H and O–H groups in total. The fourth-order valence-electron chi connectivity index (χ4n) is 2.15. The summed E-state index contributed by atoms with van der Waals surface area (Å²) >= 11 is 0. The molecule has 102 valence electrons. The van der Waals surface area contributed by atoms with E-state index in [-0.39, 0.29) is 6.04 Å². The van der Waals surface area contributed by atoms with Crippen LogP contribution >= 0.6 is 0 Å². The van der Waals surface area contributed by atoms with Crippen LogP contribution in [0, 0.1) is 6.92 Å². The van der Waals surface area contributed by atoms with E-state index in [4.69, 9.17) is 4.74 Å². The molecule has 0 amide bonds. The maximum atomic E-state index is 5.49. The van der Waals surface area contributed by atoms with E-state index in [9.17, 15) is 0 Å². The molecule has 0 aliphatic rings. The zero-order chi connectivity index (χ0) is 13.8. The Morgan fingerprint density at radius 1 is 1.42 bits per heavy atom. The monoisotopic (exact) mass is 259 g/mol. The molecule has 0 radical (unpaired) electrons. The normalized spacial score (nSPS) is 12.2. The molecule has 0 bridgehead atoms. The van der Waals surface area contributed by atoms with Crippen LogP contribution in [0.15, 0.2) is 30.6 Å². The van der Waals surface area contributed by atoms with Gasteiger partial charge in [-0.3, -0.25) is 0 Å². The number of anilines is 1. The van der Waals surface area contributed by atoms with Crippen LogP contribution in [-0.4, -0.2) is 16.2 Å². The summed E-state index contributed by atoms with van der Waals surface area (Å²) in [6.07, 6.45) is 3.77. The van der Waals surface area contributed by atoms with E-state index < -0.39 is 0 Å². The smallest absolute Gasteiger partial charge is 0.130 e. The van der Waals surface area contributed by atoms with E-state index in [2.05, 4.69) is 36.3 Å². The highest BCUT2D eigenvalue weighted by Gasteiger charge is 2.11. The Bertz CT molecular complexity index is 548. The summed E-state index contributed by atoms with van der Waals surface area (Å²) in [4.78, 5) is 4.36. The molecule has 0 fully saturated rings. The first kappa shape index (κ1) is 13.5. The van der Waals surface area contributed by atoms with Crippen molar-refractivity contribution in [2.45, 2.75) is 26.8 Å². The number of hydrogen-bond acceptors (Lipinski definition) is 3. The van der Waals surface area contributed by atoms with Crippen LogP contribution in [0.3, 0.4) is 0 Å². The van der Waals surface area contributed by atoms with Crippen LogP contribution in [0.1, 0.15) is 31.3 Å². The van der Waals surface area contributed by atoms with Crippen molar-refractivity contribution in [3.05, 3.63) is 42.0 Å².